The van der Waals surface area contributed by atoms with Gasteiger partial charge in [0.25, 0.3) is 11.8 Å². The minimum Gasteiger partial charge on any atom is -0.308 e. The minimum atomic E-state index is -0.487. The van der Waals surface area contributed by atoms with Crippen LogP contribution in [-0.2, 0) is 4.79 Å². The largest absolute Gasteiger partial charge is 0.308 e. The van der Waals surface area contributed by atoms with E-state index < -0.39 is 17.7 Å². The van der Waals surface area contributed by atoms with Crippen LogP contribution in [0.2, 0.25) is 0 Å². The fourth-order valence-electron chi connectivity index (χ4n) is 2.99. The summed E-state index contributed by atoms with van der Waals surface area (Å²) in [5.74, 6) is -1.06. The number of benzene rings is 2. The number of fused-ring (bicyclic) bond motifs is 1. The molecule has 3 amide bonds. The van der Waals surface area contributed by atoms with Crippen LogP contribution < -0.4 is 5.32 Å². The maximum atomic E-state index is 12.4. The van der Waals surface area contributed by atoms with Crippen LogP contribution in [0.3, 0.4) is 0 Å². The lowest BCUT2D eigenvalue weighted by atomic mass is 10.1. The molecule has 134 valence electrons. The van der Waals surface area contributed by atoms with Gasteiger partial charge >= 0.3 is 0 Å². The van der Waals surface area contributed by atoms with Crippen LogP contribution in [0.5, 0.6) is 0 Å². The van der Waals surface area contributed by atoms with E-state index in [0.29, 0.717) is 16.9 Å². The molecule has 0 atom stereocenters. The van der Waals surface area contributed by atoms with Crippen molar-refractivity contribution in [1.82, 2.24) is 14.7 Å². The van der Waals surface area contributed by atoms with E-state index in [2.05, 4.69) is 10.4 Å². The molecule has 7 heteroatoms. The molecule has 0 saturated carbocycles. The summed E-state index contributed by atoms with van der Waals surface area (Å²) in [5, 5.41) is 6.90. The number of carbonyl (C=O) groups is 3. The summed E-state index contributed by atoms with van der Waals surface area (Å²) < 4.78 is 1.63. The molecule has 1 aliphatic heterocycles. The van der Waals surface area contributed by atoms with E-state index in [0.717, 1.165) is 16.2 Å². The Morgan fingerprint density at radius 1 is 1.00 bits per heavy atom. The second-order valence-corrected chi connectivity index (χ2v) is 6.27. The summed E-state index contributed by atoms with van der Waals surface area (Å²) in [6.07, 6.45) is 1.72. The van der Waals surface area contributed by atoms with Gasteiger partial charge in [0.2, 0.25) is 5.91 Å². The third-order valence-corrected chi connectivity index (χ3v) is 4.31. The molecule has 0 radical (unpaired) electrons. The van der Waals surface area contributed by atoms with Gasteiger partial charge in [0, 0.05) is 12.3 Å². The predicted octanol–water partition coefficient (Wildman–Crippen LogP) is 2.42. The Morgan fingerprint density at radius 3 is 2.52 bits per heavy atom. The summed E-state index contributed by atoms with van der Waals surface area (Å²) in [6, 6.07) is 16.1. The van der Waals surface area contributed by atoms with Gasteiger partial charge in [0.15, 0.2) is 5.82 Å². The van der Waals surface area contributed by atoms with E-state index in [9.17, 15) is 14.4 Å². The second kappa shape index (κ2) is 6.53. The molecule has 0 unspecified atom stereocenters. The van der Waals surface area contributed by atoms with Crippen molar-refractivity contribution in [3.63, 3.8) is 0 Å². The number of para-hydroxylation sites is 1. The van der Waals surface area contributed by atoms with Gasteiger partial charge in [-0.2, -0.15) is 5.10 Å². The zero-order valence-electron chi connectivity index (χ0n) is 14.5. The van der Waals surface area contributed by atoms with Gasteiger partial charge in [0.1, 0.15) is 6.54 Å². The van der Waals surface area contributed by atoms with Crippen molar-refractivity contribution in [3.8, 4) is 5.69 Å². The first-order chi connectivity index (χ1) is 13.0. The first kappa shape index (κ1) is 16.7. The van der Waals surface area contributed by atoms with Crippen LogP contribution in [0.25, 0.3) is 5.69 Å². The SMILES string of the molecule is Cc1ccc2c(c1)C(=O)N(CC(=O)Nc1ccn(-c3ccccc3)n1)C2=O. The highest BCUT2D eigenvalue weighted by atomic mass is 16.2. The molecule has 1 aromatic heterocycles. The number of imide groups is 1. The molecule has 0 saturated heterocycles. The van der Waals surface area contributed by atoms with Crippen molar-refractivity contribution in [3.05, 3.63) is 77.5 Å². The standard InChI is InChI=1S/C20H16N4O3/c1-13-7-8-15-16(11-13)20(27)23(19(15)26)12-18(25)21-17-9-10-24(22-17)14-5-3-2-4-6-14/h2-11H,12H2,1H3,(H,21,22,25). The molecule has 1 aliphatic rings. The Morgan fingerprint density at radius 2 is 1.74 bits per heavy atom. The number of hydrogen-bond acceptors (Lipinski definition) is 4. The average molecular weight is 360 g/mol. The number of anilines is 1. The van der Waals surface area contributed by atoms with E-state index in [4.69, 9.17) is 0 Å². The van der Waals surface area contributed by atoms with E-state index in [1.54, 1.807) is 35.1 Å². The monoisotopic (exact) mass is 360 g/mol. The maximum absolute atomic E-state index is 12.4. The lowest BCUT2D eigenvalue weighted by Gasteiger charge is -2.12. The zero-order valence-corrected chi connectivity index (χ0v) is 14.5. The lowest BCUT2D eigenvalue weighted by molar-refractivity contribution is -0.116. The molecule has 0 spiro atoms. The summed E-state index contributed by atoms with van der Waals surface area (Å²) >= 11 is 0. The van der Waals surface area contributed by atoms with Gasteiger partial charge in [0.05, 0.1) is 16.8 Å². The molecule has 7 nitrogen and oxygen atoms in total. The molecule has 3 aromatic rings. The molecular formula is C20H16N4O3. The van der Waals surface area contributed by atoms with Crippen LogP contribution >= 0.6 is 0 Å². The molecule has 27 heavy (non-hydrogen) atoms. The Hall–Kier alpha value is -3.74. The topological polar surface area (TPSA) is 84.3 Å². The Labute approximate surface area is 155 Å². The maximum Gasteiger partial charge on any atom is 0.262 e. The quantitative estimate of drug-likeness (QED) is 0.724. The lowest BCUT2D eigenvalue weighted by Crippen LogP contribution is -2.37. The van der Waals surface area contributed by atoms with Crippen LogP contribution in [-0.4, -0.2) is 38.9 Å². The molecule has 0 aliphatic carbocycles. The van der Waals surface area contributed by atoms with E-state index in [-0.39, 0.29) is 6.54 Å². The molecule has 0 bridgehead atoms. The van der Waals surface area contributed by atoms with Crippen molar-refractivity contribution in [2.45, 2.75) is 6.92 Å². The molecule has 1 N–H and O–H groups in total. The van der Waals surface area contributed by atoms with Crippen LogP contribution in [0, 0.1) is 6.92 Å². The first-order valence-corrected chi connectivity index (χ1v) is 8.41. The predicted molar refractivity (Wildman–Crippen MR) is 98.7 cm³/mol. The van der Waals surface area contributed by atoms with Gasteiger partial charge in [-0.05, 0) is 31.2 Å². The van der Waals surface area contributed by atoms with Crippen molar-refractivity contribution in [1.29, 1.82) is 0 Å². The van der Waals surface area contributed by atoms with E-state index in [1.165, 1.54) is 0 Å². The van der Waals surface area contributed by atoms with Crippen molar-refractivity contribution in [2.75, 3.05) is 11.9 Å². The Kier molecular flexibility index (Phi) is 4.04. The number of aryl methyl sites for hydroxylation is 1. The van der Waals surface area contributed by atoms with Crippen molar-refractivity contribution < 1.29 is 14.4 Å². The van der Waals surface area contributed by atoms with Crippen molar-refractivity contribution >= 4 is 23.5 Å². The van der Waals surface area contributed by atoms with E-state index in [1.807, 2.05) is 37.3 Å². The van der Waals surface area contributed by atoms with Crippen molar-refractivity contribution in [2.24, 2.45) is 0 Å². The number of rotatable bonds is 4. The minimum absolute atomic E-state index is 0.326. The molecule has 4 rings (SSSR count). The third kappa shape index (κ3) is 3.10. The second-order valence-electron chi connectivity index (χ2n) is 6.27. The number of nitrogens with zero attached hydrogens (tertiary/aromatic N) is 3. The summed E-state index contributed by atoms with van der Waals surface area (Å²) in [7, 11) is 0. The highest BCUT2D eigenvalue weighted by Crippen LogP contribution is 2.23. The smallest absolute Gasteiger partial charge is 0.262 e. The summed E-state index contributed by atoms with van der Waals surface area (Å²) in [5.41, 5.74) is 2.40. The van der Waals surface area contributed by atoms with Gasteiger partial charge < -0.3 is 5.32 Å². The van der Waals surface area contributed by atoms with Crippen LogP contribution in [0.1, 0.15) is 26.3 Å². The van der Waals surface area contributed by atoms with Gasteiger partial charge in [-0.1, -0.05) is 29.8 Å². The summed E-state index contributed by atoms with van der Waals surface area (Å²) in [6.45, 7) is 1.49. The van der Waals surface area contributed by atoms with E-state index >= 15 is 0 Å². The fraction of sp³-hybridized carbons (Fsp3) is 0.100. The molecule has 2 aromatic carbocycles. The Balaban J connectivity index is 1.46. The first-order valence-electron chi connectivity index (χ1n) is 8.41. The normalized spacial score (nSPS) is 13.0. The molecular weight excluding hydrogens is 344 g/mol. The summed E-state index contributed by atoms with van der Waals surface area (Å²) in [4.78, 5) is 38.1. The number of carbonyl (C=O) groups excluding carboxylic acids is 3. The number of amides is 3. The highest BCUT2D eigenvalue weighted by Gasteiger charge is 2.36. The number of nitrogens with one attached hydrogen (secondary N) is 1. The van der Waals surface area contributed by atoms with Crippen LogP contribution in [0.15, 0.2) is 60.8 Å². The fourth-order valence-corrected chi connectivity index (χ4v) is 2.99. The zero-order chi connectivity index (χ0) is 19.0. The molecule has 0 fully saturated rings. The number of hydrogen-bond donors (Lipinski definition) is 1. The van der Waals surface area contributed by atoms with Gasteiger partial charge in [-0.15, -0.1) is 0 Å². The Bertz CT molecular complexity index is 1060. The molecule has 2 heterocycles. The highest BCUT2D eigenvalue weighted by molar-refractivity contribution is 6.22. The number of aromatic nitrogens is 2. The third-order valence-electron chi connectivity index (χ3n) is 4.31. The van der Waals surface area contributed by atoms with Gasteiger partial charge in [-0.3, -0.25) is 19.3 Å². The van der Waals surface area contributed by atoms with Gasteiger partial charge in [-0.25, -0.2) is 4.68 Å². The average Bonchev–Trinajstić information content (AvgIpc) is 3.21. The van der Waals surface area contributed by atoms with Crippen LogP contribution in [0.4, 0.5) is 5.82 Å².